The van der Waals surface area contributed by atoms with Crippen LogP contribution >= 0.6 is 0 Å². The van der Waals surface area contributed by atoms with Crippen LogP contribution in [0.1, 0.15) is 31.0 Å². The van der Waals surface area contributed by atoms with Gasteiger partial charge in [-0.2, -0.15) is 0 Å². The topological polar surface area (TPSA) is 54.6 Å². The van der Waals surface area contributed by atoms with E-state index in [0.717, 1.165) is 37.1 Å². The van der Waals surface area contributed by atoms with E-state index in [1.165, 1.54) is 18.1 Å². The number of aromatic amines is 1. The van der Waals surface area contributed by atoms with Crippen LogP contribution in [0.3, 0.4) is 0 Å². The van der Waals surface area contributed by atoms with E-state index in [1.807, 2.05) is 12.1 Å². The summed E-state index contributed by atoms with van der Waals surface area (Å²) in [5, 5.41) is 1.17. The molecule has 4 heterocycles. The van der Waals surface area contributed by atoms with E-state index in [9.17, 15) is 4.79 Å². The second-order valence-corrected chi connectivity index (χ2v) is 7.72. The van der Waals surface area contributed by atoms with Gasteiger partial charge < -0.3 is 14.5 Å². The molecule has 136 valence electrons. The van der Waals surface area contributed by atoms with Crippen molar-refractivity contribution in [2.75, 3.05) is 20.2 Å². The maximum absolute atomic E-state index is 13.1. The highest BCUT2D eigenvalue weighted by Gasteiger charge is 2.63. The number of methoxy groups -OCH3 is 1. The number of para-hydroxylation sites is 1. The lowest BCUT2D eigenvalue weighted by Crippen LogP contribution is -2.49. The average molecular weight is 352 g/mol. The zero-order valence-electron chi connectivity index (χ0n) is 15.2. The van der Waals surface area contributed by atoms with E-state index < -0.39 is 5.60 Å². The lowest BCUT2D eigenvalue weighted by atomic mass is 9.74. The van der Waals surface area contributed by atoms with Gasteiger partial charge in [0.25, 0.3) is 0 Å². The van der Waals surface area contributed by atoms with Gasteiger partial charge in [-0.25, -0.2) is 4.79 Å². The first-order chi connectivity index (χ1) is 12.6. The number of carbonyl (C=O) groups excluding carboxylic acids is 1. The number of aromatic nitrogens is 1. The molecular weight excluding hydrogens is 328 g/mol. The number of hydrogen-bond acceptors (Lipinski definition) is 4. The third-order valence-electron chi connectivity index (χ3n) is 6.54. The molecule has 5 heteroatoms. The van der Waals surface area contributed by atoms with Crippen LogP contribution in [0, 0.1) is 5.41 Å². The Bertz CT molecular complexity index is 917. The minimum Gasteiger partial charge on any atom is -0.467 e. The normalized spacial score (nSPS) is 32.9. The number of esters is 1. The lowest BCUT2D eigenvalue weighted by Gasteiger charge is -2.41. The average Bonchev–Trinajstić information content (AvgIpc) is 3.22. The monoisotopic (exact) mass is 352 g/mol. The van der Waals surface area contributed by atoms with Crippen LogP contribution in [0.5, 0.6) is 0 Å². The molecule has 2 aromatic rings. The third kappa shape index (κ3) is 1.90. The number of nitrogens with zero attached hydrogens (tertiary/aromatic N) is 1. The van der Waals surface area contributed by atoms with Crippen molar-refractivity contribution in [2.24, 2.45) is 5.41 Å². The van der Waals surface area contributed by atoms with Crippen LogP contribution in [0.4, 0.5) is 0 Å². The molecule has 3 atom stereocenters. The van der Waals surface area contributed by atoms with Crippen molar-refractivity contribution < 1.29 is 14.3 Å². The van der Waals surface area contributed by atoms with E-state index in [2.05, 4.69) is 41.1 Å². The SMILES string of the molecule is CCC12C=CCN3CCc4c([nH]c5ccccc45)C(C(=O)OC)(C1)OC32. The standard InChI is InChI=1S/C21H24N2O3/c1-3-20-10-6-11-23-12-9-15-14-7-4-5-8-16(14)22-17(15)21(13-20,19(24)25-2)26-18(20)23/h4-8,10,18,22H,3,9,11-13H2,1-2H3. The highest BCUT2D eigenvalue weighted by molar-refractivity contribution is 5.90. The largest absolute Gasteiger partial charge is 0.467 e. The molecule has 3 unspecified atom stereocenters. The summed E-state index contributed by atoms with van der Waals surface area (Å²) in [5.41, 5.74) is 1.89. The molecule has 3 aliphatic rings. The van der Waals surface area contributed by atoms with Crippen molar-refractivity contribution in [1.82, 2.24) is 9.88 Å². The Morgan fingerprint density at radius 3 is 3.08 bits per heavy atom. The van der Waals surface area contributed by atoms with Crippen LogP contribution in [0.15, 0.2) is 36.4 Å². The summed E-state index contributed by atoms with van der Waals surface area (Å²) in [4.78, 5) is 19.0. The second kappa shape index (κ2) is 5.44. The number of fused-ring (bicyclic) bond motifs is 5. The molecule has 1 fully saturated rings. The summed E-state index contributed by atoms with van der Waals surface area (Å²) in [7, 11) is 1.45. The van der Waals surface area contributed by atoms with Crippen molar-refractivity contribution in [3.63, 3.8) is 0 Å². The van der Waals surface area contributed by atoms with Crippen LogP contribution in [-0.4, -0.2) is 42.3 Å². The molecule has 0 aliphatic carbocycles. The van der Waals surface area contributed by atoms with Gasteiger partial charge in [-0.15, -0.1) is 0 Å². The van der Waals surface area contributed by atoms with Crippen molar-refractivity contribution in [2.45, 2.75) is 38.0 Å². The molecule has 1 aromatic carbocycles. The van der Waals surface area contributed by atoms with Gasteiger partial charge in [-0.3, -0.25) is 4.90 Å². The predicted molar refractivity (Wildman–Crippen MR) is 98.6 cm³/mol. The van der Waals surface area contributed by atoms with Crippen molar-refractivity contribution in [3.8, 4) is 0 Å². The number of hydrogen-bond donors (Lipinski definition) is 1. The minimum atomic E-state index is -1.07. The summed E-state index contributed by atoms with van der Waals surface area (Å²) >= 11 is 0. The molecule has 0 amide bonds. The number of rotatable bonds is 2. The quantitative estimate of drug-likeness (QED) is 0.667. The molecule has 0 radical (unpaired) electrons. The molecule has 5 nitrogen and oxygen atoms in total. The van der Waals surface area contributed by atoms with Crippen molar-refractivity contribution in [1.29, 1.82) is 0 Å². The first kappa shape index (κ1) is 16.1. The Labute approximate surface area is 153 Å². The molecule has 3 aliphatic heterocycles. The van der Waals surface area contributed by atoms with Gasteiger partial charge in [-0.1, -0.05) is 37.3 Å². The fourth-order valence-corrected chi connectivity index (χ4v) is 5.22. The van der Waals surface area contributed by atoms with E-state index >= 15 is 0 Å². The Hall–Kier alpha value is -2.11. The molecule has 26 heavy (non-hydrogen) atoms. The zero-order valence-corrected chi connectivity index (χ0v) is 15.2. The molecule has 0 spiro atoms. The van der Waals surface area contributed by atoms with E-state index in [1.54, 1.807) is 0 Å². The first-order valence-corrected chi connectivity index (χ1v) is 9.41. The fourth-order valence-electron chi connectivity index (χ4n) is 5.22. The van der Waals surface area contributed by atoms with Gasteiger partial charge >= 0.3 is 5.97 Å². The van der Waals surface area contributed by atoms with Gasteiger partial charge in [0.1, 0.15) is 6.23 Å². The van der Waals surface area contributed by atoms with Crippen molar-refractivity contribution >= 4 is 16.9 Å². The number of H-pyrrole nitrogens is 1. The van der Waals surface area contributed by atoms with Crippen LogP contribution in [0.2, 0.25) is 0 Å². The van der Waals surface area contributed by atoms with Crippen LogP contribution in [-0.2, 0) is 26.3 Å². The fraction of sp³-hybridized carbons (Fsp3) is 0.476. The summed E-state index contributed by atoms with van der Waals surface area (Å²) < 4.78 is 11.9. The Balaban J connectivity index is 1.80. The summed E-state index contributed by atoms with van der Waals surface area (Å²) in [5.74, 6) is -0.303. The van der Waals surface area contributed by atoms with E-state index in [4.69, 9.17) is 9.47 Å². The molecular formula is C21H24N2O3. The highest BCUT2D eigenvalue weighted by Crippen LogP contribution is 2.56. The predicted octanol–water partition coefficient (Wildman–Crippen LogP) is 3.11. The Morgan fingerprint density at radius 1 is 1.42 bits per heavy atom. The molecule has 0 saturated carbocycles. The van der Waals surface area contributed by atoms with Gasteiger partial charge in [0.05, 0.1) is 12.8 Å². The van der Waals surface area contributed by atoms with Gasteiger partial charge in [0, 0.05) is 35.8 Å². The van der Waals surface area contributed by atoms with Crippen LogP contribution < -0.4 is 0 Å². The van der Waals surface area contributed by atoms with Crippen LogP contribution in [0.25, 0.3) is 10.9 Å². The summed E-state index contributed by atoms with van der Waals surface area (Å²) in [6, 6.07) is 8.25. The highest BCUT2D eigenvalue weighted by atomic mass is 16.6. The molecule has 2 bridgehead atoms. The molecule has 1 saturated heterocycles. The Kier molecular flexibility index (Phi) is 3.37. The minimum absolute atomic E-state index is 0.0869. The van der Waals surface area contributed by atoms with E-state index in [0.29, 0.717) is 6.42 Å². The summed E-state index contributed by atoms with van der Waals surface area (Å²) in [6.45, 7) is 3.96. The number of ether oxygens (including phenoxy) is 2. The smallest absolute Gasteiger partial charge is 0.344 e. The molecule has 1 N–H and O–H groups in total. The molecule has 5 rings (SSSR count). The Morgan fingerprint density at radius 2 is 2.27 bits per heavy atom. The lowest BCUT2D eigenvalue weighted by molar-refractivity contribution is -0.182. The maximum Gasteiger partial charge on any atom is 0.344 e. The van der Waals surface area contributed by atoms with Gasteiger partial charge in [0.15, 0.2) is 0 Å². The maximum atomic E-state index is 13.1. The van der Waals surface area contributed by atoms with Gasteiger partial charge in [0.2, 0.25) is 5.60 Å². The number of nitrogens with one attached hydrogen (secondary N) is 1. The van der Waals surface area contributed by atoms with E-state index in [-0.39, 0.29) is 17.6 Å². The van der Waals surface area contributed by atoms with Gasteiger partial charge in [-0.05, 0) is 24.5 Å². The second-order valence-electron chi connectivity index (χ2n) is 7.72. The van der Waals surface area contributed by atoms with Crippen molar-refractivity contribution in [3.05, 3.63) is 47.7 Å². The number of benzene rings is 1. The zero-order chi connectivity index (χ0) is 17.9. The summed E-state index contributed by atoms with van der Waals surface area (Å²) in [6.07, 6.45) is 6.85. The molecule has 1 aromatic heterocycles. The number of carbonyl (C=O) groups is 1. The first-order valence-electron chi connectivity index (χ1n) is 9.41. The third-order valence-corrected chi connectivity index (χ3v) is 6.54.